The lowest BCUT2D eigenvalue weighted by molar-refractivity contribution is -0.116. The summed E-state index contributed by atoms with van der Waals surface area (Å²) in [4.78, 5) is 26.2. The van der Waals surface area contributed by atoms with Gasteiger partial charge in [-0.1, -0.05) is 13.0 Å². The van der Waals surface area contributed by atoms with Crippen molar-refractivity contribution in [2.45, 2.75) is 45.4 Å². The number of nitrogens with one attached hydrogen (secondary N) is 2. The van der Waals surface area contributed by atoms with E-state index in [9.17, 15) is 9.59 Å². The quantitative estimate of drug-likeness (QED) is 0.685. The molecule has 0 radical (unpaired) electrons. The zero-order valence-corrected chi connectivity index (χ0v) is 15.9. The average molecular weight is 361 g/mol. The van der Waals surface area contributed by atoms with Gasteiger partial charge in [-0.05, 0) is 56.2 Å². The summed E-state index contributed by atoms with van der Waals surface area (Å²) >= 11 is 0. The summed E-state index contributed by atoms with van der Waals surface area (Å²) in [5.74, 6) is 0.537. The molecule has 0 spiro atoms. The third-order valence-electron chi connectivity index (χ3n) is 4.64. The SMILES string of the molecule is CCCC(=O)Nc1cccc(NC(=O)N2CCC[C@@H](CCCOC)C2)c1. The summed E-state index contributed by atoms with van der Waals surface area (Å²) in [5.41, 5.74) is 1.41. The van der Waals surface area contributed by atoms with Crippen LogP contribution in [0.1, 0.15) is 45.4 Å². The van der Waals surface area contributed by atoms with Crippen LogP contribution < -0.4 is 10.6 Å². The number of likely N-dealkylation sites (tertiary alicyclic amines) is 1. The predicted octanol–water partition coefficient (Wildman–Crippen LogP) is 4.10. The number of piperidine rings is 1. The first kappa shape index (κ1) is 20.2. The molecular formula is C20H31N3O3. The first-order valence-electron chi connectivity index (χ1n) is 9.57. The summed E-state index contributed by atoms with van der Waals surface area (Å²) in [7, 11) is 1.72. The normalized spacial score (nSPS) is 17.0. The van der Waals surface area contributed by atoms with E-state index in [1.54, 1.807) is 13.2 Å². The Labute approximate surface area is 156 Å². The smallest absolute Gasteiger partial charge is 0.321 e. The molecular weight excluding hydrogens is 330 g/mol. The van der Waals surface area contributed by atoms with Gasteiger partial charge in [-0.15, -0.1) is 0 Å². The molecule has 6 heteroatoms. The van der Waals surface area contributed by atoms with Crippen molar-refractivity contribution in [3.05, 3.63) is 24.3 Å². The second-order valence-electron chi connectivity index (χ2n) is 6.90. The molecule has 26 heavy (non-hydrogen) atoms. The molecule has 3 amide bonds. The second-order valence-corrected chi connectivity index (χ2v) is 6.90. The van der Waals surface area contributed by atoms with Gasteiger partial charge in [0.25, 0.3) is 0 Å². The fourth-order valence-corrected chi connectivity index (χ4v) is 3.33. The number of ether oxygens (including phenoxy) is 1. The summed E-state index contributed by atoms with van der Waals surface area (Å²) in [6, 6.07) is 7.23. The highest BCUT2D eigenvalue weighted by Crippen LogP contribution is 2.22. The van der Waals surface area contributed by atoms with E-state index in [2.05, 4.69) is 10.6 Å². The zero-order valence-electron chi connectivity index (χ0n) is 15.9. The Balaban J connectivity index is 1.87. The topological polar surface area (TPSA) is 70.7 Å². The van der Waals surface area contributed by atoms with Crippen LogP contribution in [0.3, 0.4) is 0 Å². The molecule has 0 bridgehead atoms. The molecule has 0 unspecified atom stereocenters. The fourth-order valence-electron chi connectivity index (χ4n) is 3.33. The number of carbonyl (C=O) groups is 2. The number of anilines is 2. The van der Waals surface area contributed by atoms with E-state index in [0.29, 0.717) is 23.7 Å². The van der Waals surface area contributed by atoms with E-state index in [-0.39, 0.29) is 11.9 Å². The minimum atomic E-state index is -0.0709. The van der Waals surface area contributed by atoms with E-state index >= 15 is 0 Å². The first-order chi connectivity index (χ1) is 12.6. The number of amides is 3. The van der Waals surface area contributed by atoms with Crippen molar-refractivity contribution in [3.8, 4) is 0 Å². The molecule has 1 aliphatic rings. The number of benzene rings is 1. The Kier molecular flexibility index (Phi) is 8.41. The van der Waals surface area contributed by atoms with E-state index in [0.717, 1.165) is 45.4 Å². The van der Waals surface area contributed by atoms with Crippen molar-refractivity contribution < 1.29 is 14.3 Å². The fraction of sp³-hybridized carbons (Fsp3) is 0.600. The maximum absolute atomic E-state index is 12.6. The number of carbonyl (C=O) groups excluding carboxylic acids is 2. The Morgan fingerprint density at radius 1 is 1.27 bits per heavy atom. The molecule has 144 valence electrons. The molecule has 0 aliphatic carbocycles. The lowest BCUT2D eigenvalue weighted by Crippen LogP contribution is -2.42. The molecule has 1 aromatic carbocycles. The molecule has 1 aliphatic heterocycles. The highest BCUT2D eigenvalue weighted by Gasteiger charge is 2.23. The highest BCUT2D eigenvalue weighted by atomic mass is 16.5. The van der Waals surface area contributed by atoms with Gasteiger partial charge < -0.3 is 20.3 Å². The van der Waals surface area contributed by atoms with Crippen LogP contribution in [0.4, 0.5) is 16.2 Å². The summed E-state index contributed by atoms with van der Waals surface area (Å²) in [6.07, 6.45) is 5.65. The number of hydrogen-bond acceptors (Lipinski definition) is 3. The lowest BCUT2D eigenvalue weighted by atomic mass is 9.94. The molecule has 1 saturated heterocycles. The van der Waals surface area contributed by atoms with Crippen molar-refractivity contribution in [1.29, 1.82) is 0 Å². The van der Waals surface area contributed by atoms with Gasteiger partial charge in [0.1, 0.15) is 0 Å². The average Bonchev–Trinajstić information content (AvgIpc) is 2.62. The monoisotopic (exact) mass is 361 g/mol. The third-order valence-corrected chi connectivity index (χ3v) is 4.64. The molecule has 1 aromatic rings. The van der Waals surface area contributed by atoms with E-state index < -0.39 is 0 Å². The Morgan fingerprint density at radius 2 is 2.04 bits per heavy atom. The van der Waals surface area contributed by atoms with Gasteiger partial charge in [0.15, 0.2) is 0 Å². The van der Waals surface area contributed by atoms with Crippen LogP contribution in [-0.4, -0.2) is 43.6 Å². The van der Waals surface area contributed by atoms with Crippen LogP contribution in [0, 0.1) is 5.92 Å². The minimum Gasteiger partial charge on any atom is -0.385 e. The molecule has 1 atom stereocenters. The minimum absolute atomic E-state index is 0.00842. The number of methoxy groups -OCH3 is 1. The van der Waals surface area contributed by atoms with Gasteiger partial charge in [0.2, 0.25) is 5.91 Å². The third kappa shape index (κ3) is 6.67. The summed E-state index contributed by atoms with van der Waals surface area (Å²) < 4.78 is 5.12. The van der Waals surface area contributed by atoms with Gasteiger partial charge in [-0.25, -0.2) is 4.79 Å². The highest BCUT2D eigenvalue weighted by molar-refractivity contribution is 5.93. The largest absolute Gasteiger partial charge is 0.385 e. The maximum atomic E-state index is 12.6. The van der Waals surface area contributed by atoms with E-state index in [4.69, 9.17) is 4.74 Å². The molecule has 1 heterocycles. The predicted molar refractivity (Wildman–Crippen MR) is 104 cm³/mol. The van der Waals surface area contributed by atoms with Crippen molar-refractivity contribution in [1.82, 2.24) is 4.90 Å². The van der Waals surface area contributed by atoms with Crippen LogP contribution in [0.2, 0.25) is 0 Å². The zero-order chi connectivity index (χ0) is 18.8. The number of urea groups is 1. The number of hydrogen-bond donors (Lipinski definition) is 2. The molecule has 0 saturated carbocycles. The van der Waals surface area contributed by atoms with Crippen LogP contribution in [0.15, 0.2) is 24.3 Å². The van der Waals surface area contributed by atoms with E-state index in [1.165, 1.54) is 6.42 Å². The van der Waals surface area contributed by atoms with Gasteiger partial charge in [0, 0.05) is 44.6 Å². The van der Waals surface area contributed by atoms with Gasteiger partial charge >= 0.3 is 6.03 Å². The van der Waals surface area contributed by atoms with Crippen molar-refractivity contribution in [2.75, 3.05) is 37.4 Å². The van der Waals surface area contributed by atoms with Gasteiger partial charge in [0.05, 0.1) is 0 Å². The van der Waals surface area contributed by atoms with Crippen molar-refractivity contribution >= 4 is 23.3 Å². The van der Waals surface area contributed by atoms with Crippen LogP contribution >= 0.6 is 0 Å². The summed E-state index contributed by atoms with van der Waals surface area (Å²) in [6.45, 7) is 4.33. The van der Waals surface area contributed by atoms with E-state index in [1.807, 2.05) is 30.0 Å². The molecule has 6 nitrogen and oxygen atoms in total. The van der Waals surface area contributed by atoms with Crippen molar-refractivity contribution in [2.24, 2.45) is 5.92 Å². The van der Waals surface area contributed by atoms with Crippen LogP contribution in [0.25, 0.3) is 0 Å². The number of rotatable bonds is 8. The molecule has 1 fully saturated rings. The van der Waals surface area contributed by atoms with Gasteiger partial charge in [-0.3, -0.25) is 4.79 Å². The first-order valence-corrected chi connectivity index (χ1v) is 9.57. The van der Waals surface area contributed by atoms with Crippen LogP contribution in [-0.2, 0) is 9.53 Å². The summed E-state index contributed by atoms with van der Waals surface area (Å²) in [5, 5.41) is 5.81. The Hall–Kier alpha value is -2.08. The molecule has 2 rings (SSSR count). The lowest BCUT2D eigenvalue weighted by Gasteiger charge is -2.32. The van der Waals surface area contributed by atoms with Gasteiger partial charge in [-0.2, -0.15) is 0 Å². The molecule has 2 N–H and O–H groups in total. The number of nitrogens with zero attached hydrogens (tertiary/aromatic N) is 1. The standard InChI is InChI=1S/C20H31N3O3/c1-3-7-19(24)21-17-10-4-11-18(14-17)22-20(25)23-12-5-8-16(15-23)9-6-13-26-2/h4,10-11,14,16H,3,5-9,12-13,15H2,1-2H3,(H,21,24)(H,22,25)/t16-/m0/s1. The Morgan fingerprint density at radius 3 is 2.77 bits per heavy atom. The van der Waals surface area contributed by atoms with Crippen LogP contribution in [0.5, 0.6) is 0 Å². The Bertz CT molecular complexity index is 591. The van der Waals surface area contributed by atoms with Crippen molar-refractivity contribution in [3.63, 3.8) is 0 Å². The second kappa shape index (κ2) is 10.8. The molecule has 0 aromatic heterocycles. The maximum Gasteiger partial charge on any atom is 0.321 e.